The van der Waals surface area contributed by atoms with E-state index in [-0.39, 0.29) is 30.9 Å². The highest BCUT2D eigenvalue weighted by molar-refractivity contribution is 5.99. The van der Waals surface area contributed by atoms with Crippen LogP contribution in [0, 0.1) is 0 Å². The Morgan fingerprint density at radius 1 is 0.770 bits per heavy atom. The van der Waals surface area contributed by atoms with E-state index in [1.165, 1.54) is 18.7 Å². The fourth-order valence-corrected chi connectivity index (χ4v) is 6.55. The van der Waals surface area contributed by atoms with Gasteiger partial charge in [0.1, 0.15) is 23.4 Å². The summed E-state index contributed by atoms with van der Waals surface area (Å²) < 4.78 is 23.8. The van der Waals surface area contributed by atoms with Gasteiger partial charge in [0.15, 0.2) is 11.2 Å². The first-order valence-electron chi connectivity index (χ1n) is 20.1. The van der Waals surface area contributed by atoms with Crippen LogP contribution >= 0.6 is 0 Å². The average Bonchev–Trinajstić information content (AvgIpc) is 3.86. The first-order valence-corrected chi connectivity index (χ1v) is 20.1. The zero-order chi connectivity index (χ0) is 42.4. The number of carbonyl (C=O) groups excluding carboxylic acids is 2. The minimum atomic E-state index is -0.276. The first kappa shape index (κ1) is 42.5. The van der Waals surface area contributed by atoms with E-state index in [4.69, 9.17) is 40.9 Å². The lowest BCUT2D eigenvalue weighted by Crippen LogP contribution is -2.47. The molecule has 22 heteroatoms. The second kappa shape index (κ2) is 21.1. The maximum atomic E-state index is 12.6. The molecule has 1 aliphatic rings. The summed E-state index contributed by atoms with van der Waals surface area (Å²) in [4.78, 5) is 59.5. The first-order chi connectivity index (χ1) is 29.9. The molecule has 0 atom stereocenters. The van der Waals surface area contributed by atoms with Crippen molar-refractivity contribution in [2.24, 2.45) is 5.73 Å². The van der Waals surface area contributed by atoms with Crippen molar-refractivity contribution in [1.82, 2.24) is 55.3 Å². The summed E-state index contributed by atoms with van der Waals surface area (Å²) >= 11 is 0. The number of fused-ring (bicyclic) bond motifs is 2. The molecule has 322 valence electrons. The standard InChI is InChI=1S/C39H50N16O6/c40-20-26-21-45-38(46-22-26)53-9-11-54(12-10-53)39-47-23-28(24-48-39)36(57)44-7-14-59-16-18-60-17-15-58-13-5-31(56)43-6-1-2-8-55-35-32(34(41)49-25-50-35)33(52-55)27-3-4-30-29(19-27)51-37(42)61-30/h3-4,19,21-25H,1-2,5-18,20,40H2,(H2,42,51)(H,43,56)(H,44,57)(H2,41,49,50). The number of ether oxygens (including phenoxy) is 3. The Labute approximate surface area is 350 Å². The smallest absolute Gasteiger partial charge is 0.292 e. The molecule has 0 spiro atoms. The van der Waals surface area contributed by atoms with Gasteiger partial charge in [0, 0.05) is 94.7 Å². The summed E-state index contributed by atoms with van der Waals surface area (Å²) in [5.41, 5.74) is 22.1. The van der Waals surface area contributed by atoms with E-state index in [9.17, 15) is 9.59 Å². The number of aryl methyl sites for hydroxylation is 1. The van der Waals surface area contributed by atoms with Gasteiger partial charge in [-0.25, -0.2) is 34.6 Å². The number of unbranched alkanes of at least 4 members (excludes halogenated alkanes) is 1. The van der Waals surface area contributed by atoms with Gasteiger partial charge in [-0.2, -0.15) is 10.1 Å². The van der Waals surface area contributed by atoms with Gasteiger partial charge in [0.2, 0.25) is 17.8 Å². The number of hydrogen-bond donors (Lipinski definition) is 5. The number of oxazole rings is 1. The van der Waals surface area contributed by atoms with E-state index in [1.54, 1.807) is 23.1 Å². The maximum Gasteiger partial charge on any atom is 0.292 e. The van der Waals surface area contributed by atoms with E-state index in [2.05, 4.69) is 55.3 Å². The molecule has 1 aromatic carbocycles. The van der Waals surface area contributed by atoms with Crippen molar-refractivity contribution >= 4 is 57.7 Å². The van der Waals surface area contributed by atoms with Crippen molar-refractivity contribution in [1.29, 1.82) is 0 Å². The van der Waals surface area contributed by atoms with Crippen molar-refractivity contribution in [3.05, 3.63) is 60.4 Å². The van der Waals surface area contributed by atoms with Crippen LogP contribution in [0.25, 0.3) is 33.4 Å². The Morgan fingerprint density at radius 2 is 1.44 bits per heavy atom. The maximum absolute atomic E-state index is 12.6. The molecule has 22 nitrogen and oxygen atoms in total. The number of hydrogen-bond acceptors (Lipinski definition) is 19. The van der Waals surface area contributed by atoms with E-state index in [0.717, 1.165) is 37.1 Å². The van der Waals surface area contributed by atoms with Gasteiger partial charge in [0.05, 0.1) is 50.6 Å². The average molecular weight is 839 g/mol. The summed E-state index contributed by atoms with van der Waals surface area (Å²) in [6, 6.07) is 5.58. The van der Waals surface area contributed by atoms with Gasteiger partial charge in [-0.3, -0.25) is 9.59 Å². The Kier molecular flexibility index (Phi) is 14.7. The van der Waals surface area contributed by atoms with Crippen LogP contribution in [0.4, 0.5) is 23.7 Å². The van der Waals surface area contributed by atoms with Crippen LogP contribution in [-0.4, -0.2) is 135 Å². The summed E-state index contributed by atoms with van der Waals surface area (Å²) in [7, 11) is 0. The molecule has 1 aliphatic heterocycles. The Balaban J connectivity index is 0.683. The summed E-state index contributed by atoms with van der Waals surface area (Å²) in [6.45, 7) is 6.76. The number of rotatable bonds is 22. The molecule has 6 heterocycles. The quantitative estimate of drug-likeness (QED) is 0.0594. The summed E-state index contributed by atoms with van der Waals surface area (Å²) in [6.07, 6.45) is 9.70. The molecule has 0 aliphatic carbocycles. The van der Waals surface area contributed by atoms with E-state index in [1.807, 2.05) is 12.1 Å². The largest absolute Gasteiger partial charge is 0.424 e. The van der Waals surface area contributed by atoms with Crippen molar-refractivity contribution in [2.45, 2.75) is 32.4 Å². The highest BCUT2D eigenvalue weighted by Gasteiger charge is 2.22. The van der Waals surface area contributed by atoms with Crippen LogP contribution in [0.2, 0.25) is 0 Å². The molecular formula is C39H50N16O6. The number of nitrogens with two attached hydrogens (primary N) is 3. The number of nitrogens with zero attached hydrogens (tertiary/aromatic N) is 11. The van der Waals surface area contributed by atoms with Gasteiger partial charge >= 0.3 is 0 Å². The molecule has 7 rings (SSSR count). The normalized spacial score (nSPS) is 13.0. The van der Waals surface area contributed by atoms with Gasteiger partial charge in [-0.1, -0.05) is 0 Å². The molecule has 0 bridgehead atoms. The number of piperazine rings is 1. The summed E-state index contributed by atoms with van der Waals surface area (Å²) in [5.74, 6) is 1.21. The van der Waals surface area contributed by atoms with Crippen LogP contribution in [0.5, 0.6) is 0 Å². The lowest BCUT2D eigenvalue weighted by atomic mass is 10.1. The molecule has 1 saturated heterocycles. The number of anilines is 4. The van der Waals surface area contributed by atoms with Crippen LogP contribution in [0.15, 0.2) is 53.7 Å². The predicted molar refractivity (Wildman–Crippen MR) is 225 cm³/mol. The lowest BCUT2D eigenvalue weighted by Gasteiger charge is -2.34. The minimum absolute atomic E-state index is 0.0885. The van der Waals surface area contributed by atoms with Crippen LogP contribution in [-0.2, 0) is 32.1 Å². The predicted octanol–water partition coefficient (Wildman–Crippen LogP) is 0.931. The molecular weight excluding hydrogens is 789 g/mol. The monoisotopic (exact) mass is 838 g/mol. The van der Waals surface area contributed by atoms with Gasteiger partial charge in [-0.05, 0) is 31.0 Å². The number of amides is 2. The Bertz CT molecular complexity index is 2350. The fourth-order valence-electron chi connectivity index (χ4n) is 6.55. The topological polar surface area (TPSA) is 292 Å². The zero-order valence-electron chi connectivity index (χ0n) is 33.7. The third-order valence-electron chi connectivity index (χ3n) is 9.78. The molecule has 8 N–H and O–H groups in total. The summed E-state index contributed by atoms with van der Waals surface area (Å²) in [5, 5.41) is 11.2. The highest BCUT2D eigenvalue weighted by Crippen LogP contribution is 2.32. The van der Waals surface area contributed by atoms with Crippen LogP contribution in [0.1, 0.15) is 35.2 Å². The molecule has 61 heavy (non-hydrogen) atoms. The molecule has 2 amide bonds. The van der Waals surface area contributed by atoms with Crippen molar-refractivity contribution in [3.63, 3.8) is 0 Å². The number of carbonyl (C=O) groups is 2. The van der Waals surface area contributed by atoms with E-state index >= 15 is 0 Å². The second-order valence-electron chi connectivity index (χ2n) is 14.0. The van der Waals surface area contributed by atoms with E-state index < -0.39 is 0 Å². The van der Waals surface area contributed by atoms with Crippen molar-refractivity contribution in [2.75, 3.05) is 100 Å². The lowest BCUT2D eigenvalue weighted by molar-refractivity contribution is -0.122. The van der Waals surface area contributed by atoms with Gasteiger partial charge in [0.25, 0.3) is 11.9 Å². The SMILES string of the molecule is NCc1cnc(N2CCN(c3ncc(C(=O)NCCOCCOCCOCCC(=O)NCCCCn4nc(-c5ccc6oc(N)nc6c5)c5c(N)ncnc54)cn3)CC2)nc1. The number of nitrogen functional groups attached to an aromatic ring is 2. The molecule has 0 saturated carbocycles. The number of aromatic nitrogens is 9. The number of benzene rings is 1. The van der Waals surface area contributed by atoms with Crippen molar-refractivity contribution < 1.29 is 28.2 Å². The molecule has 0 radical (unpaired) electrons. The zero-order valence-corrected chi connectivity index (χ0v) is 33.7. The minimum Gasteiger partial charge on any atom is -0.424 e. The Hall–Kier alpha value is -6.62. The third-order valence-corrected chi connectivity index (χ3v) is 9.78. The van der Waals surface area contributed by atoms with Crippen molar-refractivity contribution in [3.8, 4) is 11.3 Å². The highest BCUT2D eigenvalue weighted by atomic mass is 16.5. The van der Waals surface area contributed by atoms with Gasteiger partial charge < -0.3 is 56.3 Å². The van der Waals surface area contributed by atoms with E-state index in [0.29, 0.717) is 123 Å². The third kappa shape index (κ3) is 11.4. The van der Waals surface area contributed by atoms with Crippen LogP contribution < -0.4 is 37.6 Å². The number of nitrogens with one attached hydrogen (secondary N) is 2. The Morgan fingerprint density at radius 3 is 2.15 bits per heavy atom. The molecule has 0 unspecified atom stereocenters. The van der Waals surface area contributed by atoms with Gasteiger partial charge in [-0.15, -0.1) is 0 Å². The molecule has 1 fully saturated rings. The molecule has 6 aromatic rings. The van der Waals surface area contributed by atoms with Crippen LogP contribution in [0.3, 0.4) is 0 Å². The second-order valence-corrected chi connectivity index (χ2v) is 14.0. The molecule has 5 aromatic heterocycles. The fraction of sp³-hybridized carbons (Fsp3) is 0.436.